The molecule has 0 bridgehead atoms. The van der Waals surface area contributed by atoms with Crippen LogP contribution in [0, 0.1) is 5.82 Å². The number of carbonyl (C=O) groups is 1. The van der Waals surface area contributed by atoms with Gasteiger partial charge in [-0.05, 0) is 47.1 Å². The maximum Gasteiger partial charge on any atom is 0.248 e. The highest BCUT2D eigenvalue weighted by Crippen LogP contribution is 2.19. The van der Waals surface area contributed by atoms with Crippen molar-refractivity contribution in [3.63, 3.8) is 0 Å². The van der Waals surface area contributed by atoms with Crippen molar-refractivity contribution in [1.29, 1.82) is 0 Å². The molecule has 0 aliphatic rings. The van der Waals surface area contributed by atoms with E-state index in [1.54, 1.807) is 25.1 Å². The number of halogens is 2. The Kier molecular flexibility index (Phi) is 3.83. The predicted octanol–water partition coefficient (Wildman–Crippen LogP) is 3.10. The molecule has 1 aromatic rings. The summed E-state index contributed by atoms with van der Waals surface area (Å²) < 4.78 is 13.4. The lowest BCUT2D eigenvalue weighted by molar-refractivity contribution is -0.111. The van der Waals surface area contributed by atoms with Gasteiger partial charge in [-0.3, -0.25) is 4.79 Å². The second-order valence-electron chi connectivity index (χ2n) is 2.62. The lowest BCUT2D eigenvalue weighted by Gasteiger charge is -2.02. The van der Waals surface area contributed by atoms with Crippen LogP contribution in [0.15, 0.2) is 34.8 Å². The Labute approximate surface area is 89.9 Å². The molecule has 0 saturated carbocycles. The van der Waals surface area contributed by atoms with Crippen LogP contribution in [-0.4, -0.2) is 5.91 Å². The molecule has 1 amide bonds. The van der Waals surface area contributed by atoms with Crippen LogP contribution in [0.25, 0.3) is 0 Å². The molecule has 1 N–H and O–H groups in total. The molecule has 0 spiro atoms. The molecule has 4 heteroatoms. The van der Waals surface area contributed by atoms with Crippen LogP contribution in [0.4, 0.5) is 10.1 Å². The van der Waals surface area contributed by atoms with Crippen LogP contribution in [-0.2, 0) is 4.79 Å². The van der Waals surface area contributed by atoms with E-state index in [0.717, 1.165) is 0 Å². The molecule has 1 rings (SSSR count). The highest BCUT2D eigenvalue weighted by Gasteiger charge is 2.01. The van der Waals surface area contributed by atoms with Crippen molar-refractivity contribution in [3.8, 4) is 0 Å². The normalized spacial score (nSPS) is 10.5. The fraction of sp³-hybridized carbons (Fsp3) is 0.100. The minimum atomic E-state index is -0.400. The predicted molar refractivity (Wildman–Crippen MR) is 57.5 cm³/mol. The summed E-state index contributed by atoms with van der Waals surface area (Å²) >= 11 is 3.02. The Morgan fingerprint density at radius 1 is 1.57 bits per heavy atom. The molecular weight excluding hydrogens is 249 g/mol. The van der Waals surface area contributed by atoms with E-state index >= 15 is 0 Å². The van der Waals surface area contributed by atoms with Crippen molar-refractivity contribution < 1.29 is 9.18 Å². The van der Waals surface area contributed by atoms with Gasteiger partial charge >= 0.3 is 0 Å². The number of rotatable bonds is 2. The third-order valence-corrected chi connectivity index (χ3v) is 2.15. The number of hydrogen-bond donors (Lipinski definition) is 1. The third-order valence-electron chi connectivity index (χ3n) is 1.51. The van der Waals surface area contributed by atoms with Crippen LogP contribution < -0.4 is 5.32 Å². The number of amides is 1. The molecule has 74 valence electrons. The summed E-state index contributed by atoms with van der Waals surface area (Å²) in [5.41, 5.74) is 0.439. The second-order valence-corrected chi connectivity index (χ2v) is 3.47. The molecule has 0 unspecified atom stereocenters. The fourth-order valence-electron chi connectivity index (χ4n) is 0.909. The molecule has 0 aliphatic carbocycles. The summed E-state index contributed by atoms with van der Waals surface area (Å²) in [6.07, 6.45) is 2.99. The first-order valence-corrected chi connectivity index (χ1v) is 4.81. The van der Waals surface area contributed by atoms with Gasteiger partial charge in [-0.2, -0.15) is 0 Å². The van der Waals surface area contributed by atoms with Crippen LogP contribution in [0.3, 0.4) is 0 Å². The topological polar surface area (TPSA) is 29.1 Å². The molecule has 0 fully saturated rings. The van der Waals surface area contributed by atoms with E-state index in [-0.39, 0.29) is 5.91 Å². The quantitative estimate of drug-likeness (QED) is 0.811. The SMILES string of the molecule is CC=CC(=O)Nc1ccc(Br)c(F)c1. The van der Waals surface area contributed by atoms with E-state index in [9.17, 15) is 9.18 Å². The number of anilines is 1. The third kappa shape index (κ3) is 2.96. The van der Waals surface area contributed by atoms with E-state index < -0.39 is 5.82 Å². The van der Waals surface area contributed by atoms with E-state index in [0.29, 0.717) is 10.2 Å². The van der Waals surface area contributed by atoms with Gasteiger partial charge in [-0.15, -0.1) is 0 Å². The van der Waals surface area contributed by atoms with Crippen molar-refractivity contribution in [2.45, 2.75) is 6.92 Å². The zero-order valence-corrected chi connectivity index (χ0v) is 9.14. The molecule has 0 radical (unpaired) electrons. The lowest BCUT2D eigenvalue weighted by Crippen LogP contribution is -2.07. The molecule has 0 saturated heterocycles. The fourth-order valence-corrected chi connectivity index (χ4v) is 1.16. The van der Waals surface area contributed by atoms with Crippen molar-refractivity contribution in [2.75, 3.05) is 5.32 Å². The van der Waals surface area contributed by atoms with Gasteiger partial charge in [-0.1, -0.05) is 6.08 Å². The molecule has 0 aromatic heterocycles. The monoisotopic (exact) mass is 257 g/mol. The van der Waals surface area contributed by atoms with Crippen LogP contribution >= 0.6 is 15.9 Å². The van der Waals surface area contributed by atoms with Gasteiger partial charge in [-0.25, -0.2) is 4.39 Å². The first-order chi connectivity index (χ1) is 6.63. The lowest BCUT2D eigenvalue weighted by atomic mass is 10.3. The summed E-state index contributed by atoms with van der Waals surface area (Å²) in [6, 6.07) is 4.42. The summed E-state index contributed by atoms with van der Waals surface area (Å²) in [6.45, 7) is 1.74. The Balaban J connectivity index is 2.78. The molecular formula is C10H9BrFNO. The van der Waals surface area contributed by atoms with Crippen molar-refractivity contribution in [3.05, 3.63) is 40.6 Å². The van der Waals surface area contributed by atoms with Crippen LogP contribution in [0.1, 0.15) is 6.92 Å². The Morgan fingerprint density at radius 2 is 2.29 bits per heavy atom. The van der Waals surface area contributed by atoms with Gasteiger partial charge in [0, 0.05) is 5.69 Å². The van der Waals surface area contributed by atoms with Gasteiger partial charge in [0.15, 0.2) is 0 Å². The molecule has 2 nitrogen and oxygen atoms in total. The van der Waals surface area contributed by atoms with E-state index in [4.69, 9.17) is 0 Å². The zero-order valence-electron chi connectivity index (χ0n) is 7.55. The van der Waals surface area contributed by atoms with Crippen LogP contribution in [0.2, 0.25) is 0 Å². The van der Waals surface area contributed by atoms with Gasteiger partial charge in [0.1, 0.15) is 5.82 Å². The van der Waals surface area contributed by atoms with Crippen LogP contribution in [0.5, 0.6) is 0 Å². The second kappa shape index (κ2) is 4.91. The average molecular weight is 258 g/mol. The number of hydrogen-bond acceptors (Lipinski definition) is 1. The minimum absolute atomic E-state index is 0.269. The maximum atomic E-state index is 13.0. The average Bonchev–Trinajstić information content (AvgIpc) is 2.12. The largest absolute Gasteiger partial charge is 0.322 e. The van der Waals surface area contributed by atoms with Gasteiger partial charge < -0.3 is 5.32 Å². The van der Waals surface area contributed by atoms with Gasteiger partial charge in [0.25, 0.3) is 0 Å². The van der Waals surface area contributed by atoms with E-state index in [2.05, 4.69) is 21.2 Å². The summed E-state index contributed by atoms with van der Waals surface area (Å²) in [5, 5.41) is 2.52. The summed E-state index contributed by atoms with van der Waals surface area (Å²) in [4.78, 5) is 11.1. The van der Waals surface area contributed by atoms with E-state index in [1.165, 1.54) is 12.1 Å². The summed E-state index contributed by atoms with van der Waals surface area (Å²) in [7, 11) is 0. The summed E-state index contributed by atoms with van der Waals surface area (Å²) in [5.74, 6) is -0.669. The highest BCUT2D eigenvalue weighted by atomic mass is 79.9. The molecule has 14 heavy (non-hydrogen) atoms. The molecule has 0 atom stereocenters. The Morgan fingerprint density at radius 3 is 2.86 bits per heavy atom. The highest BCUT2D eigenvalue weighted by molar-refractivity contribution is 9.10. The molecule has 0 heterocycles. The Bertz CT molecular complexity index is 376. The van der Waals surface area contributed by atoms with E-state index in [1.807, 2.05) is 0 Å². The Hall–Kier alpha value is -1.16. The number of nitrogens with one attached hydrogen (secondary N) is 1. The van der Waals surface area contributed by atoms with Gasteiger partial charge in [0.2, 0.25) is 5.91 Å². The maximum absolute atomic E-state index is 13.0. The zero-order chi connectivity index (χ0) is 10.6. The number of carbonyl (C=O) groups excluding carboxylic acids is 1. The smallest absolute Gasteiger partial charge is 0.248 e. The van der Waals surface area contributed by atoms with Crippen molar-refractivity contribution >= 4 is 27.5 Å². The van der Waals surface area contributed by atoms with Gasteiger partial charge in [0.05, 0.1) is 4.47 Å². The molecule has 1 aromatic carbocycles. The standard InChI is InChI=1S/C10H9BrFNO/c1-2-3-10(14)13-7-4-5-8(11)9(12)6-7/h2-6H,1H3,(H,13,14). The first-order valence-electron chi connectivity index (χ1n) is 4.02. The number of allylic oxidation sites excluding steroid dienone is 1. The van der Waals surface area contributed by atoms with Crippen molar-refractivity contribution in [1.82, 2.24) is 0 Å². The minimum Gasteiger partial charge on any atom is -0.322 e. The molecule has 0 aliphatic heterocycles. The number of benzene rings is 1. The first kappa shape index (κ1) is 10.9. The van der Waals surface area contributed by atoms with Crippen molar-refractivity contribution in [2.24, 2.45) is 0 Å².